The van der Waals surface area contributed by atoms with Crippen molar-refractivity contribution in [1.82, 2.24) is 0 Å². The van der Waals surface area contributed by atoms with Crippen molar-refractivity contribution in [2.75, 3.05) is 6.61 Å². The van der Waals surface area contributed by atoms with Gasteiger partial charge in [-0.1, -0.05) is 6.07 Å². The minimum Gasteiger partial charge on any atom is -0.508 e. The highest BCUT2D eigenvalue weighted by molar-refractivity contribution is 5.88. The molecule has 2 fully saturated rings. The van der Waals surface area contributed by atoms with Gasteiger partial charge in [-0.05, 0) is 55.0 Å². The summed E-state index contributed by atoms with van der Waals surface area (Å²) in [7, 11) is 0. The molecule has 2 saturated heterocycles. The Morgan fingerprint density at radius 2 is 1.50 bits per heavy atom. The number of hydrogen-bond acceptors (Lipinski definition) is 18. The molecule has 0 amide bonds. The number of benzene rings is 3. The number of fused-ring (bicyclic) bond motifs is 1. The zero-order valence-corrected chi connectivity index (χ0v) is 28.1. The van der Waals surface area contributed by atoms with Gasteiger partial charge in [-0.15, -0.1) is 0 Å². The molecule has 288 valence electrons. The highest BCUT2D eigenvalue weighted by Gasteiger charge is 2.51. The van der Waals surface area contributed by atoms with Gasteiger partial charge in [0, 0.05) is 23.8 Å². The minimum atomic E-state index is -1.93. The summed E-state index contributed by atoms with van der Waals surface area (Å²) >= 11 is 0. The molecule has 0 bridgehead atoms. The van der Waals surface area contributed by atoms with Crippen molar-refractivity contribution in [3.8, 4) is 45.8 Å². The van der Waals surface area contributed by atoms with Crippen molar-refractivity contribution >= 4 is 23.0 Å². The molecule has 0 unspecified atom stereocenters. The summed E-state index contributed by atoms with van der Waals surface area (Å²) in [6.07, 6.45) is -14.5. The molecule has 0 saturated carbocycles. The summed E-state index contributed by atoms with van der Waals surface area (Å²) < 4.78 is 33.6. The Balaban J connectivity index is 1.16. The molecule has 18 nitrogen and oxygen atoms in total. The molecule has 0 radical (unpaired) electrons. The maximum Gasteiger partial charge on any atom is 0.330 e. The molecular formula is C36H36O18. The number of esters is 1. The molecule has 1 aromatic heterocycles. The number of carbonyl (C=O) groups excluding carboxylic acids is 1. The molecule has 10 N–H and O–H groups in total. The number of ether oxygens (including phenoxy) is 5. The largest absolute Gasteiger partial charge is 0.508 e. The van der Waals surface area contributed by atoms with E-state index in [4.69, 9.17) is 28.1 Å². The van der Waals surface area contributed by atoms with Crippen LogP contribution >= 0.6 is 0 Å². The van der Waals surface area contributed by atoms with E-state index >= 15 is 0 Å². The van der Waals surface area contributed by atoms with E-state index in [9.17, 15) is 60.7 Å². The molecule has 18 heteroatoms. The van der Waals surface area contributed by atoms with Gasteiger partial charge >= 0.3 is 5.97 Å². The van der Waals surface area contributed by atoms with Crippen molar-refractivity contribution in [2.24, 2.45) is 0 Å². The van der Waals surface area contributed by atoms with Crippen LogP contribution in [0.1, 0.15) is 12.5 Å². The molecule has 3 aromatic carbocycles. The number of phenols is 4. The van der Waals surface area contributed by atoms with Gasteiger partial charge in [0.1, 0.15) is 77.6 Å². The van der Waals surface area contributed by atoms with Gasteiger partial charge in [0.2, 0.25) is 17.5 Å². The van der Waals surface area contributed by atoms with E-state index < -0.39 is 102 Å². The smallest absolute Gasteiger partial charge is 0.330 e. The predicted octanol–water partition coefficient (Wildman–Crippen LogP) is 0.283. The zero-order chi connectivity index (χ0) is 39.0. The van der Waals surface area contributed by atoms with E-state index in [-0.39, 0.29) is 34.2 Å². The van der Waals surface area contributed by atoms with E-state index in [1.54, 1.807) is 0 Å². The summed E-state index contributed by atoms with van der Waals surface area (Å²) in [5.41, 5.74) is -0.647. The lowest BCUT2D eigenvalue weighted by atomic mass is 9.97. The Morgan fingerprint density at radius 3 is 2.20 bits per heavy atom. The number of aliphatic hydroxyl groups is 5. The van der Waals surface area contributed by atoms with Gasteiger partial charge in [-0.25, -0.2) is 4.79 Å². The normalized spacial score (nSPS) is 28.6. The second-order valence-corrected chi connectivity index (χ2v) is 12.6. The third-order valence-electron chi connectivity index (χ3n) is 8.85. The van der Waals surface area contributed by atoms with Crippen molar-refractivity contribution in [1.29, 1.82) is 0 Å². The standard InChI is InChI=1S/C36H36O18/c1-14-26(42)34(54-35-31(47)29(45)27(43)23(53-35)13-49-24(41)9-3-15-2-8-19(38)20(39)10-15)32(48)36(50-14)51-18-11-21(40)25-22(12-18)52-33(30(46)28(25)44)16-4-6-17(37)7-5-16/h2-12,14,23,26-27,29,31-32,34-40,42-43,45-48H,13H2,1H3/t14-,23-,26+,27-,29+,31-,32+,34-,35+,36-/m1/s1. The van der Waals surface area contributed by atoms with E-state index in [1.807, 2.05) is 0 Å². The number of aromatic hydroxyl groups is 5. The third kappa shape index (κ3) is 7.77. The predicted molar refractivity (Wildman–Crippen MR) is 181 cm³/mol. The second kappa shape index (κ2) is 15.5. The van der Waals surface area contributed by atoms with Crippen LogP contribution in [0.15, 0.2) is 69.9 Å². The van der Waals surface area contributed by atoms with E-state index in [2.05, 4.69) is 0 Å². The van der Waals surface area contributed by atoms with Gasteiger partial charge in [-0.3, -0.25) is 4.79 Å². The van der Waals surface area contributed by atoms with E-state index in [0.29, 0.717) is 5.56 Å². The molecule has 3 heterocycles. The van der Waals surface area contributed by atoms with E-state index in [0.717, 1.165) is 12.1 Å². The molecule has 2 aliphatic rings. The number of carbonyl (C=O) groups is 1. The average molecular weight is 757 g/mol. The van der Waals surface area contributed by atoms with Crippen LogP contribution in [0.2, 0.25) is 0 Å². The summed E-state index contributed by atoms with van der Waals surface area (Å²) in [5, 5.41) is 103. The van der Waals surface area contributed by atoms with Gasteiger partial charge in [-0.2, -0.15) is 0 Å². The van der Waals surface area contributed by atoms with Crippen molar-refractivity contribution in [3.63, 3.8) is 0 Å². The first-order valence-corrected chi connectivity index (χ1v) is 16.3. The third-order valence-corrected chi connectivity index (χ3v) is 8.85. The first-order valence-electron chi connectivity index (χ1n) is 16.3. The maximum absolute atomic E-state index is 13.0. The Kier molecular flexibility index (Phi) is 11.0. The van der Waals surface area contributed by atoms with Gasteiger partial charge in [0.15, 0.2) is 23.5 Å². The maximum atomic E-state index is 13.0. The fourth-order valence-electron chi connectivity index (χ4n) is 5.87. The van der Waals surface area contributed by atoms with Crippen LogP contribution in [0.3, 0.4) is 0 Å². The molecule has 0 aliphatic carbocycles. The van der Waals surface area contributed by atoms with Crippen LogP contribution in [0.25, 0.3) is 28.4 Å². The fourth-order valence-corrected chi connectivity index (χ4v) is 5.87. The number of rotatable bonds is 9. The first-order chi connectivity index (χ1) is 25.6. The SMILES string of the molecule is C[C@H]1O[C@H](Oc2cc(O)c3c(=O)c(O)c(-c4ccc(O)cc4)oc3c2)[C@@H](O)[C@H](O[C@@H]2O[C@H](COC(=O)C=Cc3ccc(O)c(O)c3)[C@@H](O)[C@H](O)[C@H]2O)[C@H]1O. The quantitative estimate of drug-likeness (QED) is 0.0623. The highest BCUT2D eigenvalue weighted by Crippen LogP contribution is 2.37. The van der Waals surface area contributed by atoms with Crippen molar-refractivity contribution in [3.05, 3.63) is 76.5 Å². The average Bonchev–Trinajstić information content (AvgIpc) is 3.14. The lowest BCUT2D eigenvalue weighted by molar-refractivity contribution is -0.350. The van der Waals surface area contributed by atoms with Gasteiger partial charge in [0.25, 0.3) is 0 Å². The molecule has 4 aromatic rings. The topological polar surface area (TPSA) is 296 Å². The van der Waals surface area contributed by atoms with Gasteiger partial charge in [0.05, 0.1) is 6.10 Å². The number of hydrogen-bond donors (Lipinski definition) is 10. The number of phenolic OH excluding ortho intramolecular Hbond substituents is 4. The molecule has 2 aliphatic heterocycles. The van der Waals surface area contributed by atoms with Crippen LogP contribution in [-0.4, -0.2) is 125 Å². The zero-order valence-electron chi connectivity index (χ0n) is 28.1. The van der Waals surface area contributed by atoms with Gasteiger partial charge < -0.3 is 79.2 Å². The van der Waals surface area contributed by atoms with Crippen molar-refractivity contribution in [2.45, 2.75) is 68.3 Å². The Morgan fingerprint density at radius 1 is 0.778 bits per heavy atom. The van der Waals surface area contributed by atoms with Crippen LogP contribution in [0, 0.1) is 0 Å². The summed E-state index contributed by atoms with van der Waals surface area (Å²) in [4.78, 5) is 25.3. The van der Waals surface area contributed by atoms with Crippen LogP contribution in [0.5, 0.6) is 34.5 Å². The van der Waals surface area contributed by atoms with Crippen LogP contribution < -0.4 is 10.2 Å². The highest BCUT2D eigenvalue weighted by atomic mass is 16.7. The summed E-state index contributed by atoms with van der Waals surface area (Å²) in [6, 6.07) is 11.3. The number of aliphatic hydroxyl groups excluding tert-OH is 5. The first kappa shape index (κ1) is 38.3. The summed E-state index contributed by atoms with van der Waals surface area (Å²) in [6.45, 7) is 0.753. The van der Waals surface area contributed by atoms with E-state index in [1.165, 1.54) is 61.5 Å². The summed E-state index contributed by atoms with van der Waals surface area (Å²) in [5.74, 6) is -3.73. The second-order valence-electron chi connectivity index (χ2n) is 12.6. The Labute approximate surface area is 304 Å². The lowest BCUT2D eigenvalue weighted by Gasteiger charge is -2.45. The molecule has 10 atom stereocenters. The monoisotopic (exact) mass is 756 g/mol. The molecule has 6 rings (SSSR count). The Bertz CT molecular complexity index is 2080. The minimum absolute atomic E-state index is 0.0818. The Hall–Kier alpha value is -5.44. The molecule has 54 heavy (non-hydrogen) atoms. The van der Waals surface area contributed by atoms with Crippen LogP contribution in [0.4, 0.5) is 0 Å². The van der Waals surface area contributed by atoms with Crippen LogP contribution in [-0.2, 0) is 23.7 Å². The van der Waals surface area contributed by atoms with Crippen molar-refractivity contribution < 1.29 is 84.0 Å². The molecule has 0 spiro atoms. The molecular weight excluding hydrogens is 720 g/mol. The fraction of sp³-hybridized carbons (Fsp3) is 0.333. The lowest BCUT2D eigenvalue weighted by Crippen LogP contribution is -2.64.